The lowest BCUT2D eigenvalue weighted by Gasteiger charge is -2.28. The minimum absolute atomic E-state index is 0.198. The molecule has 144 valence electrons. The number of carbonyl (C=O) groups excluding carboxylic acids is 1. The first-order valence-corrected chi connectivity index (χ1v) is 8.86. The van der Waals surface area contributed by atoms with Gasteiger partial charge in [0.25, 0.3) is 5.91 Å². The van der Waals surface area contributed by atoms with E-state index in [0.717, 1.165) is 0 Å². The van der Waals surface area contributed by atoms with Gasteiger partial charge < -0.3 is 10.1 Å². The predicted molar refractivity (Wildman–Crippen MR) is 107 cm³/mol. The van der Waals surface area contributed by atoms with Crippen molar-refractivity contribution in [3.8, 4) is 11.4 Å². The Morgan fingerprint density at radius 1 is 0.966 bits per heavy atom. The average molecular weight is 386 g/mol. The van der Waals surface area contributed by atoms with E-state index < -0.39 is 11.8 Å². The van der Waals surface area contributed by atoms with Gasteiger partial charge >= 0.3 is 0 Å². The lowest BCUT2D eigenvalue weighted by molar-refractivity contribution is -0.0369. The van der Waals surface area contributed by atoms with E-state index in [1.54, 1.807) is 30.5 Å². The van der Waals surface area contributed by atoms with Gasteiger partial charge in [-0.15, -0.1) is 0 Å². The molecule has 8 nitrogen and oxygen atoms in total. The van der Waals surface area contributed by atoms with Crippen LogP contribution in [0.5, 0.6) is 0 Å². The van der Waals surface area contributed by atoms with Crippen LogP contribution >= 0.6 is 0 Å². The molecule has 1 atom stereocenters. The van der Waals surface area contributed by atoms with Crippen molar-refractivity contribution in [2.75, 3.05) is 7.11 Å². The summed E-state index contributed by atoms with van der Waals surface area (Å²) in [6.07, 6.45) is 3.01. The molecule has 3 heterocycles. The van der Waals surface area contributed by atoms with Crippen LogP contribution < -0.4 is 11.1 Å². The molecule has 4 rings (SSSR count). The molecule has 3 N–H and O–H groups in total. The predicted octanol–water partition coefficient (Wildman–Crippen LogP) is 2.23. The number of nitrogens with zero attached hydrogens (tertiary/aromatic N) is 4. The van der Waals surface area contributed by atoms with Crippen molar-refractivity contribution in [1.82, 2.24) is 25.3 Å². The fraction of sp³-hybridized carbons (Fsp3) is 0.0952. The first kappa shape index (κ1) is 18.6. The molecule has 0 aliphatic rings. The number of hydrogen-bond donors (Lipinski definition) is 2. The standard InChI is InChI=1S/C21H18N6O2/c1-29-21(22,18-11-6-10-17(26-18)16-9-4-5-12-23-16)27-20(28)19-14-7-2-3-8-15(14)24-13-25-19/h2-13H,22H2,1H3,(H,27,28). The Morgan fingerprint density at radius 3 is 2.55 bits per heavy atom. The molecule has 1 amide bonds. The quantitative estimate of drug-likeness (QED) is 0.505. The Hall–Kier alpha value is -3.75. The van der Waals surface area contributed by atoms with Crippen LogP contribution in [0.3, 0.4) is 0 Å². The number of methoxy groups -OCH3 is 1. The SMILES string of the molecule is COC(N)(NC(=O)c1ncnc2ccccc12)c1cccc(-c2ccccn2)n1. The summed E-state index contributed by atoms with van der Waals surface area (Å²) in [5.41, 5.74) is 8.84. The van der Waals surface area contributed by atoms with E-state index in [1.807, 2.05) is 36.4 Å². The molecule has 0 aliphatic heterocycles. The smallest absolute Gasteiger partial charge is 0.274 e. The maximum absolute atomic E-state index is 13.0. The maximum atomic E-state index is 13.0. The molecule has 29 heavy (non-hydrogen) atoms. The fourth-order valence-corrected chi connectivity index (χ4v) is 2.93. The molecular weight excluding hydrogens is 368 g/mol. The summed E-state index contributed by atoms with van der Waals surface area (Å²) in [4.78, 5) is 30.1. The van der Waals surface area contributed by atoms with Gasteiger partial charge in [-0.2, -0.15) is 0 Å². The van der Waals surface area contributed by atoms with Crippen LogP contribution in [-0.4, -0.2) is 33.0 Å². The Bertz CT molecular complexity index is 1160. The molecule has 4 aromatic rings. The van der Waals surface area contributed by atoms with E-state index >= 15 is 0 Å². The van der Waals surface area contributed by atoms with E-state index in [9.17, 15) is 4.79 Å². The second-order valence-corrected chi connectivity index (χ2v) is 6.26. The summed E-state index contributed by atoms with van der Waals surface area (Å²) in [7, 11) is 1.40. The van der Waals surface area contributed by atoms with Crippen LogP contribution in [0.4, 0.5) is 0 Å². The van der Waals surface area contributed by atoms with Crippen molar-refractivity contribution in [2.24, 2.45) is 5.73 Å². The molecule has 0 radical (unpaired) electrons. The van der Waals surface area contributed by atoms with Gasteiger partial charge in [0.2, 0.25) is 5.85 Å². The largest absolute Gasteiger partial charge is 0.341 e. The van der Waals surface area contributed by atoms with Crippen LogP contribution in [0.2, 0.25) is 0 Å². The lowest BCUT2D eigenvalue weighted by Crippen LogP contribution is -2.55. The van der Waals surface area contributed by atoms with Crippen LogP contribution in [0.15, 0.2) is 73.2 Å². The Balaban J connectivity index is 1.68. The number of benzene rings is 1. The molecule has 1 aromatic carbocycles. The number of amides is 1. The fourth-order valence-electron chi connectivity index (χ4n) is 2.93. The molecule has 0 aliphatic carbocycles. The Kier molecular flexibility index (Phi) is 4.94. The highest BCUT2D eigenvalue weighted by Gasteiger charge is 2.32. The number of hydrogen-bond acceptors (Lipinski definition) is 7. The molecule has 0 fully saturated rings. The second kappa shape index (κ2) is 7.70. The summed E-state index contributed by atoms with van der Waals surface area (Å²) in [5.74, 6) is -2.16. The van der Waals surface area contributed by atoms with Gasteiger partial charge in [-0.1, -0.05) is 30.3 Å². The van der Waals surface area contributed by atoms with Crippen molar-refractivity contribution < 1.29 is 9.53 Å². The zero-order valence-electron chi connectivity index (χ0n) is 15.6. The number of carbonyl (C=O) groups is 1. The number of nitrogens with two attached hydrogens (primary N) is 1. The Labute approximate surface area is 166 Å². The highest BCUT2D eigenvalue weighted by Crippen LogP contribution is 2.21. The molecule has 3 aromatic heterocycles. The van der Waals surface area contributed by atoms with Gasteiger partial charge in [-0.3, -0.25) is 15.5 Å². The van der Waals surface area contributed by atoms with Crippen LogP contribution in [0.25, 0.3) is 22.3 Å². The van der Waals surface area contributed by atoms with Crippen LogP contribution in [0, 0.1) is 0 Å². The summed E-state index contributed by atoms with van der Waals surface area (Å²) in [5, 5.41) is 3.30. The van der Waals surface area contributed by atoms with Gasteiger partial charge in [0.15, 0.2) is 0 Å². The lowest BCUT2D eigenvalue weighted by atomic mass is 10.1. The van der Waals surface area contributed by atoms with Crippen LogP contribution in [0.1, 0.15) is 16.2 Å². The molecule has 0 saturated carbocycles. The third-order valence-electron chi connectivity index (χ3n) is 4.44. The highest BCUT2D eigenvalue weighted by atomic mass is 16.5. The third kappa shape index (κ3) is 3.66. The number of fused-ring (bicyclic) bond motifs is 1. The summed E-state index contributed by atoms with van der Waals surface area (Å²) in [6, 6.07) is 18.0. The normalized spacial score (nSPS) is 13.0. The Morgan fingerprint density at radius 2 is 1.76 bits per heavy atom. The number of para-hydroxylation sites is 1. The van der Waals surface area contributed by atoms with Crippen molar-refractivity contribution in [3.63, 3.8) is 0 Å². The number of ether oxygens (including phenoxy) is 1. The minimum Gasteiger partial charge on any atom is -0.341 e. The molecule has 1 unspecified atom stereocenters. The van der Waals surface area contributed by atoms with Crippen molar-refractivity contribution >= 4 is 16.8 Å². The average Bonchev–Trinajstić information content (AvgIpc) is 2.79. The summed E-state index contributed by atoms with van der Waals surface area (Å²) >= 11 is 0. The van der Waals surface area contributed by atoms with E-state index in [0.29, 0.717) is 28.0 Å². The van der Waals surface area contributed by atoms with Crippen molar-refractivity contribution in [2.45, 2.75) is 5.85 Å². The van der Waals surface area contributed by atoms with Gasteiger partial charge in [0.1, 0.15) is 17.7 Å². The molecular formula is C21H18N6O2. The summed E-state index contributed by atoms with van der Waals surface area (Å²) in [6.45, 7) is 0. The molecule has 0 saturated heterocycles. The third-order valence-corrected chi connectivity index (χ3v) is 4.44. The van der Waals surface area contributed by atoms with Gasteiger partial charge in [0.05, 0.1) is 16.9 Å². The van der Waals surface area contributed by atoms with Crippen LogP contribution in [-0.2, 0) is 10.6 Å². The number of rotatable bonds is 5. The molecule has 8 heteroatoms. The number of pyridine rings is 2. The minimum atomic E-state index is -1.66. The first-order chi connectivity index (χ1) is 14.1. The van der Waals surface area contributed by atoms with Crippen molar-refractivity contribution in [1.29, 1.82) is 0 Å². The molecule has 0 bridgehead atoms. The van der Waals surface area contributed by atoms with E-state index in [1.165, 1.54) is 13.4 Å². The van der Waals surface area contributed by atoms with E-state index in [-0.39, 0.29) is 5.69 Å². The van der Waals surface area contributed by atoms with E-state index in [2.05, 4.69) is 25.3 Å². The first-order valence-electron chi connectivity index (χ1n) is 8.86. The zero-order valence-corrected chi connectivity index (χ0v) is 15.6. The monoisotopic (exact) mass is 386 g/mol. The second-order valence-electron chi connectivity index (χ2n) is 6.26. The molecule has 0 spiro atoms. The topological polar surface area (TPSA) is 116 Å². The highest BCUT2D eigenvalue weighted by molar-refractivity contribution is 6.04. The summed E-state index contributed by atoms with van der Waals surface area (Å²) < 4.78 is 5.44. The van der Waals surface area contributed by atoms with Gasteiger partial charge in [-0.25, -0.2) is 15.0 Å². The number of aromatic nitrogens is 4. The van der Waals surface area contributed by atoms with Gasteiger partial charge in [-0.05, 0) is 30.3 Å². The maximum Gasteiger partial charge on any atom is 0.274 e. The van der Waals surface area contributed by atoms with E-state index in [4.69, 9.17) is 10.5 Å². The zero-order chi connectivity index (χ0) is 20.3. The van der Waals surface area contributed by atoms with Crippen molar-refractivity contribution in [3.05, 3.63) is 84.6 Å². The number of nitrogens with one attached hydrogen (secondary N) is 1. The van der Waals surface area contributed by atoms with Gasteiger partial charge in [0, 0.05) is 18.7 Å².